The molecule has 0 saturated heterocycles. The van der Waals surface area contributed by atoms with Crippen LogP contribution in [0.4, 0.5) is 0 Å². The average molecular weight is 180 g/mol. The largest absolute Gasteiger partial charge is 0.325 e. The van der Waals surface area contributed by atoms with E-state index < -0.39 is 7.60 Å². The van der Waals surface area contributed by atoms with Crippen molar-refractivity contribution in [2.45, 2.75) is 27.2 Å². The summed E-state index contributed by atoms with van der Waals surface area (Å²) in [6, 6.07) is 0. The van der Waals surface area contributed by atoms with Crippen molar-refractivity contribution in [2.24, 2.45) is 11.8 Å². The molecule has 68 valence electrons. The minimum atomic E-state index is -3.78. The summed E-state index contributed by atoms with van der Waals surface area (Å²) in [4.78, 5) is 17.2. The lowest BCUT2D eigenvalue weighted by atomic mass is 10.0. The zero-order valence-corrected chi connectivity index (χ0v) is 8.21. The van der Waals surface area contributed by atoms with E-state index >= 15 is 0 Å². The molecule has 0 bridgehead atoms. The van der Waals surface area contributed by atoms with Crippen LogP contribution in [0, 0.1) is 11.8 Å². The molecular formula is C7H17O3P. The molecule has 0 rings (SSSR count). The highest BCUT2D eigenvalue weighted by Gasteiger charge is 2.18. The van der Waals surface area contributed by atoms with Gasteiger partial charge in [0.05, 0.1) is 6.16 Å². The Morgan fingerprint density at radius 2 is 1.73 bits per heavy atom. The van der Waals surface area contributed by atoms with Crippen molar-refractivity contribution >= 4 is 7.60 Å². The Kier molecular flexibility index (Phi) is 4.30. The van der Waals surface area contributed by atoms with Gasteiger partial charge in [0, 0.05) is 0 Å². The third-order valence-corrected chi connectivity index (χ3v) is 2.52. The highest BCUT2D eigenvalue weighted by atomic mass is 31.2. The van der Waals surface area contributed by atoms with Crippen molar-refractivity contribution in [3.63, 3.8) is 0 Å². The highest BCUT2D eigenvalue weighted by molar-refractivity contribution is 7.51. The molecule has 0 fully saturated rings. The molecule has 4 heteroatoms. The summed E-state index contributed by atoms with van der Waals surface area (Å²) >= 11 is 0. The van der Waals surface area contributed by atoms with Crippen LogP contribution in [0.3, 0.4) is 0 Å². The minimum Gasteiger partial charge on any atom is -0.324 e. The number of rotatable bonds is 4. The van der Waals surface area contributed by atoms with E-state index in [9.17, 15) is 4.57 Å². The lowest BCUT2D eigenvalue weighted by Crippen LogP contribution is -2.05. The zero-order chi connectivity index (χ0) is 9.07. The van der Waals surface area contributed by atoms with Gasteiger partial charge < -0.3 is 9.79 Å². The van der Waals surface area contributed by atoms with Crippen molar-refractivity contribution in [3.05, 3.63) is 0 Å². The van der Waals surface area contributed by atoms with E-state index in [2.05, 4.69) is 13.8 Å². The van der Waals surface area contributed by atoms with Crippen molar-refractivity contribution in [1.29, 1.82) is 0 Å². The first-order chi connectivity index (χ1) is 4.81. The predicted molar refractivity (Wildman–Crippen MR) is 45.5 cm³/mol. The van der Waals surface area contributed by atoms with Gasteiger partial charge in [0.1, 0.15) is 0 Å². The maximum absolute atomic E-state index is 10.5. The Balaban J connectivity index is 3.70. The third-order valence-electron chi connectivity index (χ3n) is 1.42. The predicted octanol–water partition coefficient (Wildman–Crippen LogP) is 1.85. The van der Waals surface area contributed by atoms with Crippen molar-refractivity contribution < 1.29 is 14.4 Å². The minimum absolute atomic E-state index is 0.0190. The van der Waals surface area contributed by atoms with Crippen molar-refractivity contribution in [1.82, 2.24) is 0 Å². The lowest BCUT2D eigenvalue weighted by Gasteiger charge is -2.13. The van der Waals surface area contributed by atoms with Gasteiger partial charge in [-0.15, -0.1) is 0 Å². The molecular weight excluding hydrogens is 163 g/mol. The standard InChI is InChI=1S/C7H17O3P/c1-6(2)4-7(3)5-11(8,9)10/h6-7H,4-5H2,1-3H3,(H2,8,9,10). The van der Waals surface area contributed by atoms with Gasteiger partial charge in [0.25, 0.3) is 0 Å². The Morgan fingerprint density at radius 3 is 2.00 bits per heavy atom. The van der Waals surface area contributed by atoms with Gasteiger partial charge in [0.2, 0.25) is 0 Å². The second kappa shape index (κ2) is 4.24. The highest BCUT2D eigenvalue weighted by Crippen LogP contribution is 2.38. The van der Waals surface area contributed by atoms with E-state index in [4.69, 9.17) is 9.79 Å². The quantitative estimate of drug-likeness (QED) is 0.649. The fraction of sp³-hybridized carbons (Fsp3) is 1.00. The molecule has 0 radical (unpaired) electrons. The average Bonchev–Trinajstić information content (AvgIpc) is 1.53. The topological polar surface area (TPSA) is 57.5 Å². The second-order valence-corrected chi connectivity index (χ2v) is 5.28. The normalized spacial score (nSPS) is 15.5. The summed E-state index contributed by atoms with van der Waals surface area (Å²) in [5.41, 5.74) is 0. The van der Waals surface area contributed by atoms with E-state index in [-0.39, 0.29) is 12.1 Å². The van der Waals surface area contributed by atoms with E-state index in [0.29, 0.717) is 5.92 Å². The van der Waals surface area contributed by atoms with Gasteiger partial charge in [-0.1, -0.05) is 20.8 Å². The van der Waals surface area contributed by atoms with Crippen molar-refractivity contribution in [2.75, 3.05) is 6.16 Å². The zero-order valence-electron chi connectivity index (χ0n) is 7.32. The van der Waals surface area contributed by atoms with Gasteiger partial charge in [-0.25, -0.2) is 0 Å². The Bertz CT molecular complexity index is 150. The molecule has 0 spiro atoms. The first-order valence-corrected chi connectivity index (χ1v) is 5.65. The fourth-order valence-corrected chi connectivity index (χ4v) is 2.25. The van der Waals surface area contributed by atoms with E-state index in [1.807, 2.05) is 6.92 Å². The van der Waals surface area contributed by atoms with Crippen LogP contribution in [-0.4, -0.2) is 15.9 Å². The van der Waals surface area contributed by atoms with Gasteiger partial charge in [-0.2, -0.15) is 0 Å². The van der Waals surface area contributed by atoms with Crippen molar-refractivity contribution in [3.8, 4) is 0 Å². The SMILES string of the molecule is CC(C)CC(C)CP(=O)(O)O. The monoisotopic (exact) mass is 180 g/mol. The maximum atomic E-state index is 10.5. The Labute approximate surface area is 68.0 Å². The van der Waals surface area contributed by atoms with Gasteiger partial charge in [-0.3, -0.25) is 4.57 Å². The Hall–Kier alpha value is 0.150. The van der Waals surface area contributed by atoms with E-state index in [1.165, 1.54) is 0 Å². The van der Waals surface area contributed by atoms with Gasteiger partial charge in [0.15, 0.2) is 0 Å². The van der Waals surface area contributed by atoms with Gasteiger partial charge in [-0.05, 0) is 18.3 Å². The molecule has 3 nitrogen and oxygen atoms in total. The summed E-state index contributed by atoms with van der Waals surface area (Å²) in [5, 5.41) is 0. The van der Waals surface area contributed by atoms with E-state index in [1.54, 1.807) is 0 Å². The Morgan fingerprint density at radius 1 is 1.27 bits per heavy atom. The number of hydrogen-bond acceptors (Lipinski definition) is 1. The summed E-state index contributed by atoms with van der Waals surface area (Å²) in [6.07, 6.45) is 0.899. The molecule has 0 amide bonds. The first kappa shape index (κ1) is 11.2. The number of hydrogen-bond donors (Lipinski definition) is 2. The molecule has 2 N–H and O–H groups in total. The summed E-state index contributed by atoms with van der Waals surface area (Å²) < 4.78 is 10.5. The summed E-state index contributed by atoms with van der Waals surface area (Å²) in [6.45, 7) is 5.98. The van der Waals surface area contributed by atoms with Crippen LogP contribution >= 0.6 is 7.60 Å². The summed E-state index contributed by atoms with van der Waals surface area (Å²) in [5.74, 6) is 0.632. The summed E-state index contributed by atoms with van der Waals surface area (Å²) in [7, 11) is -3.78. The van der Waals surface area contributed by atoms with Crippen LogP contribution in [-0.2, 0) is 4.57 Å². The molecule has 1 unspecified atom stereocenters. The van der Waals surface area contributed by atoms with E-state index in [0.717, 1.165) is 6.42 Å². The lowest BCUT2D eigenvalue weighted by molar-refractivity contribution is 0.355. The molecule has 0 saturated carbocycles. The molecule has 0 aliphatic heterocycles. The first-order valence-electron chi connectivity index (χ1n) is 3.86. The smallest absolute Gasteiger partial charge is 0.324 e. The molecule has 0 aliphatic carbocycles. The molecule has 0 aromatic heterocycles. The van der Waals surface area contributed by atoms with Crippen LogP contribution in [0.5, 0.6) is 0 Å². The van der Waals surface area contributed by atoms with Crippen LogP contribution < -0.4 is 0 Å². The molecule has 0 aliphatic rings. The molecule has 11 heavy (non-hydrogen) atoms. The van der Waals surface area contributed by atoms with Crippen LogP contribution in [0.2, 0.25) is 0 Å². The molecule has 0 heterocycles. The molecule has 0 aromatic rings. The van der Waals surface area contributed by atoms with Crippen LogP contribution in [0.1, 0.15) is 27.2 Å². The fourth-order valence-electron chi connectivity index (χ4n) is 1.29. The van der Waals surface area contributed by atoms with Crippen LogP contribution in [0.15, 0.2) is 0 Å². The van der Waals surface area contributed by atoms with Gasteiger partial charge >= 0.3 is 7.60 Å². The molecule has 0 aromatic carbocycles. The second-order valence-electron chi connectivity index (χ2n) is 3.58. The third kappa shape index (κ3) is 8.05. The van der Waals surface area contributed by atoms with Crippen LogP contribution in [0.25, 0.3) is 0 Å². The maximum Gasteiger partial charge on any atom is 0.325 e. The molecule has 1 atom stereocenters.